The smallest absolute Gasteiger partial charge is 0.338 e. The summed E-state index contributed by atoms with van der Waals surface area (Å²) in [6.45, 7) is 9.09. The van der Waals surface area contributed by atoms with E-state index in [4.69, 9.17) is 9.47 Å². The molecule has 0 heterocycles. The van der Waals surface area contributed by atoms with Crippen molar-refractivity contribution < 1.29 is 19.1 Å². The molecule has 34 heavy (non-hydrogen) atoms. The molecule has 0 spiro atoms. The van der Waals surface area contributed by atoms with Crippen molar-refractivity contribution >= 4 is 18.0 Å². The Morgan fingerprint density at radius 1 is 0.676 bits per heavy atom. The Hall–Kier alpha value is -2.10. The Labute approximate surface area is 208 Å². The first-order valence-electron chi connectivity index (χ1n) is 13.7. The quantitative estimate of drug-likeness (QED) is 0.132. The van der Waals surface area contributed by atoms with Gasteiger partial charge in [-0.05, 0) is 36.6 Å². The fourth-order valence-electron chi connectivity index (χ4n) is 4.01. The molecule has 0 unspecified atom stereocenters. The van der Waals surface area contributed by atoms with Crippen molar-refractivity contribution in [2.24, 2.45) is 0 Å². The molecule has 0 N–H and O–H groups in total. The third-order valence-electron chi connectivity index (χ3n) is 6.19. The van der Waals surface area contributed by atoms with Crippen molar-refractivity contribution in [3.05, 3.63) is 41.5 Å². The van der Waals surface area contributed by atoms with Crippen LogP contribution in [0.25, 0.3) is 6.08 Å². The Bertz CT molecular complexity index is 695. The van der Waals surface area contributed by atoms with Crippen LogP contribution in [0.4, 0.5) is 0 Å². The number of rotatable bonds is 21. The van der Waals surface area contributed by atoms with Crippen LogP contribution in [0.1, 0.15) is 143 Å². The Morgan fingerprint density at radius 3 is 1.59 bits per heavy atom. The van der Waals surface area contributed by atoms with E-state index in [1.54, 1.807) is 24.3 Å². The highest BCUT2D eigenvalue weighted by molar-refractivity contribution is 5.97. The molecular formula is C30H48O4. The number of hydrogen-bond acceptors (Lipinski definition) is 4. The van der Waals surface area contributed by atoms with Crippen LogP contribution in [0.5, 0.6) is 0 Å². The van der Waals surface area contributed by atoms with Gasteiger partial charge in [-0.15, -0.1) is 0 Å². The molecule has 0 aliphatic carbocycles. The molecule has 0 aliphatic heterocycles. The Morgan fingerprint density at radius 2 is 1.12 bits per heavy atom. The summed E-state index contributed by atoms with van der Waals surface area (Å²) in [6, 6.07) is 4.94. The van der Waals surface area contributed by atoms with Crippen LogP contribution >= 0.6 is 0 Å². The molecule has 1 rings (SSSR count). The van der Waals surface area contributed by atoms with Gasteiger partial charge in [-0.25, -0.2) is 9.59 Å². The van der Waals surface area contributed by atoms with Gasteiger partial charge in [0.2, 0.25) is 0 Å². The van der Waals surface area contributed by atoms with E-state index in [1.165, 1.54) is 77.0 Å². The van der Waals surface area contributed by atoms with Crippen molar-refractivity contribution in [1.82, 2.24) is 0 Å². The number of benzene rings is 1. The Kier molecular flexibility index (Phi) is 17.9. The van der Waals surface area contributed by atoms with Gasteiger partial charge in [0.1, 0.15) is 0 Å². The van der Waals surface area contributed by atoms with Crippen molar-refractivity contribution in [3.8, 4) is 0 Å². The van der Waals surface area contributed by atoms with E-state index in [0.717, 1.165) is 25.7 Å². The van der Waals surface area contributed by atoms with Crippen molar-refractivity contribution in [2.75, 3.05) is 13.2 Å². The van der Waals surface area contributed by atoms with E-state index in [-0.39, 0.29) is 11.9 Å². The summed E-state index contributed by atoms with van der Waals surface area (Å²) in [5.74, 6) is -0.721. The molecule has 192 valence electrons. The van der Waals surface area contributed by atoms with Crippen LogP contribution in [0.15, 0.2) is 24.8 Å². The van der Waals surface area contributed by atoms with Gasteiger partial charge in [-0.2, -0.15) is 0 Å². The number of esters is 2. The molecule has 0 atom stereocenters. The molecule has 0 bridgehead atoms. The van der Waals surface area contributed by atoms with Gasteiger partial charge >= 0.3 is 11.9 Å². The summed E-state index contributed by atoms with van der Waals surface area (Å²) < 4.78 is 10.9. The SMILES string of the molecule is C=Cc1cc(C(=O)OCCCCCCCCCC)ccc1C(=O)OCCCCCCCCCC. The zero-order chi connectivity index (χ0) is 24.9. The van der Waals surface area contributed by atoms with Gasteiger partial charge in [0.05, 0.1) is 24.3 Å². The lowest BCUT2D eigenvalue weighted by Gasteiger charge is -2.10. The maximum Gasteiger partial charge on any atom is 0.338 e. The average Bonchev–Trinajstić information content (AvgIpc) is 2.86. The summed E-state index contributed by atoms with van der Waals surface area (Å²) in [6.07, 6.45) is 20.8. The first-order valence-corrected chi connectivity index (χ1v) is 13.7. The lowest BCUT2D eigenvalue weighted by atomic mass is 10.0. The zero-order valence-electron chi connectivity index (χ0n) is 21.9. The number of unbranched alkanes of at least 4 members (excludes halogenated alkanes) is 14. The summed E-state index contributed by atoms with van der Waals surface area (Å²) in [5.41, 5.74) is 1.48. The lowest BCUT2D eigenvalue weighted by molar-refractivity contribution is 0.0483. The fraction of sp³-hybridized carbons (Fsp3) is 0.667. The highest BCUT2D eigenvalue weighted by Gasteiger charge is 2.15. The normalized spacial score (nSPS) is 10.8. The number of ether oxygens (including phenoxy) is 2. The second kappa shape index (κ2) is 20.3. The summed E-state index contributed by atoms with van der Waals surface area (Å²) >= 11 is 0. The molecule has 4 nitrogen and oxygen atoms in total. The van der Waals surface area contributed by atoms with Gasteiger partial charge < -0.3 is 9.47 Å². The van der Waals surface area contributed by atoms with Crippen LogP contribution in [0, 0.1) is 0 Å². The van der Waals surface area contributed by atoms with Crippen LogP contribution in [0.3, 0.4) is 0 Å². The maximum atomic E-state index is 12.5. The van der Waals surface area contributed by atoms with Gasteiger partial charge in [0.15, 0.2) is 0 Å². The number of carbonyl (C=O) groups is 2. The third kappa shape index (κ3) is 13.6. The summed E-state index contributed by atoms with van der Waals surface area (Å²) in [5, 5.41) is 0. The van der Waals surface area contributed by atoms with E-state index in [9.17, 15) is 9.59 Å². The molecule has 0 saturated carbocycles. The van der Waals surface area contributed by atoms with E-state index in [0.29, 0.717) is 29.9 Å². The predicted molar refractivity (Wildman–Crippen MR) is 142 cm³/mol. The van der Waals surface area contributed by atoms with Crippen LogP contribution in [0.2, 0.25) is 0 Å². The molecule has 0 aliphatic rings. The standard InChI is InChI=1S/C30H48O4/c1-4-7-9-11-13-15-17-19-23-33-29(31)27-21-22-28(26(6-3)25-27)30(32)34-24-20-18-16-14-12-10-8-5-2/h6,21-22,25H,3-5,7-20,23-24H2,1-2H3. The molecule has 0 fully saturated rings. The highest BCUT2D eigenvalue weighted by Crippen LogP contribution is 2.17. The van der Waals surface area contributed by atoms with Gasteiger partial charge in [-0.3, -0.25) is 0 Å². The largest absolute Gasteiger partial charge is 0.462 e. The molecule has 1 aromatic carbocycles. The van der Waals surface area contributed by atoms with Crippen LogP contribution in [-0.4, -0.2) is 25.2 Å². The maximum absolute atomic E-state index is 12.5. The minimum atomic E-state index is -0.364. The fourth-order valence-corrected chi connectivity index (χ4v) is 4.01. The van der Waals surface area contributed by atoms with Gasteiger partial charge in [0.25, 0.3) is 0 Å². The highest BCUT2D eigenvalue weighted by atomic mass is 16.5. The topological polar surface area (TPSA) is 52.6 Å². The molecule has 0 radical (unpaired) electrons. The molecule has 0 amide bonds. The third-order valence-corrected chi connectivity index (χ3v) is 6.19. The molecule has 4 heteroatoms. The van der Waals surface area contributed by atoms with E-state index in [2.05, 4.69) is 20.4 Å². The predicted octanol–water partition coefficient (Wildman–Crippen LogP) is 8.92. The van der Waals surface area contributed by atoms with Gasteiger partial charge in [0, 0.05) is 0 Å². The first kappa shape index (κ1) is 29.9. The molecule has 0 aromatic heterocycles. The van der Waals surface area contributed by atoms with E-state index < -0.39 is 0 Å². The van der Waals surface area contributed by atoms with Gasteiger partial charge in [-0.1, -0.05) is 116 Å². The molecule has 0 saturated heterocycles. The van der Waals surface area contributed by atoms with Crippen molar-refractivity contribution in [2.45, 2.75) is 117 Å². The lowest BCUT2D eigenvalue weighted by Crippen LogP contribution is -2.11. The average molecular weight is 473 g/mol. The minimum absolute atomic E-state index is 0.357. The molecular weight excluding hydrogens is 424 g/mol. The van der Waals surface area contributed by atoms with E-state index in [1.807, 2.05) is 0 Å². The molecule has 1 aromatic rings. The second-order valence-electron chi connectivity index (χ2n) is 9.23. The minimum Gasteiger partial charge on any atom is -0.462 e. The number of hydrogen-bond donors (Lipinski definition) is 0. The first-order chi connectivity index (χ1) is 16.6. The van der Waals surface area contributed by atoms with Crippen molar-refractivity contribution in [3.63, 3.8) is 0 Å². The van der Waals surface area contributed by atoms with Crippen LogP contribution < -0.4 is 0 Å². The number of carbonyl (C=O) groups excluding carboxylic acids is 2. The van der Waals surface area contributed by atoms with Crippen LogP contribution in [-0.2, 0) is 9.47 Å². The van der Waals surface area contributed by atoms with E-state index >= 15 is 0 Å². The Balaban J connectivity index is 2.30. The zero-order valence-corrected chi connectivity index (χ0v) is 21.9. The monoisotopic (exact) mass is 472 g/mol. The summed E-state index contributed by atoms with van der Waals surface area (Å²) in [4.78, 5) is 24.9. The second-order valence-corrected chi connectivity index (χ2v) is 9.23. The summed E-state index contributed by atoms with van der Waals surface area (Å²) in [7, 11) is 0. The van der Waals surface area contributed by atoms with Crippen molar-refractivity contribution in [1.29, 1.82) is 0 Å².